The molecule has 118 valence electrons. The molecule has 2 aromatic rings. The lowest BCUT2D eigenvalue weighted by atomic mass is 10.1. The molecule has 0 heterocycles. The van der Waals surface area contributed by atoms with E-state index in [-0.39, 0.29) is 11.3 Å². The second kappa shape index (κ2) is 7.90. The van der Waals surface area contributed by atoms with Gasteiger partial charge >= 0.3 is 7.82 Å². The van der Waals surface area contributed by atoms with Gasteiger partial charge in [-0.3, -0.25) is 14.6 Å². The Kier molecular flexibility index (Phi) is 6.50. The van der Waals surface area contributed by atoms with Gasteiger partial charge in [0.15, 0.2) is 6.29 Å². The Morgan fingerprint density at radius 2 is 1.41 bits per heavy atom. The minimum Gasteiger partial charge on any atom is -0.403 e. The highest BCUT2D eigenvalue weighted by molar-refractivity contribution is 7.46. The molecule has 2 rings (SSSR count). The Labute approximate surface area is 129 Å². The first-order chi connectivity index (χ1) is 10.2. The number of phosphoric acid groups is 1. The summed E-state index contributed by atoms with van der Waals surface area (Å²) >= 11 is 0. The summed E-state index contributed by atoms with van der Waals surface area (Å²) in [6.45, 7) is 6.38. The summed E-state index contributed by atoms with van der Waals surface area (Å²) in [5.41, 5.74) is 4.17. The molecule has 0 aliphatic rings. The van der Waals surface area contributed by atoms with Gasteiger partial charge in [-0.15, -0.1) is 0 Å². The van der Waals surface area contributed by atoms with Gasteiger partial charge < -0.3 is 4.52 Å². The number of rotatable bonds is 3. The van der Waals surface area contributed by atoms with Crippen molar-refractivity contribution in [3.8, 4) is 5.75 Å². The monoisotopic (exact) mass is 322 g/mol. The molecule has 0 atom stereocenters. The van der Waals surface area contributed by atoms with Gasteiger partial charge in [0.1, 0.15) is 5.75 Å². The molecule has 2 aromatic carbocycles. The molecular formula is C16H19O5P. The van der Waals surface area contributed by atoms with Gasteiger partial charge in [-0.1, -0.05) is 47.0 Å². The van der Waals surface area contributed by atoms with Crippen molar-refractivity contribution < 1.29 is 23.7 Å². The van der Waals surface area contributed by atoms with E-state index in [4.69, 9.17) is 9.79 Å². The van der Waals surface area contributed by atoms with Crippen molar-refractivity contribution in [1.82, 2.24) is 0 Å². The molecule has 2 N–H and O–H groups in total. The van der Waals surface area contributed by atoms with E-state index in [2.05, 4.69) is 43.5 Å². The van der Waals surface area contributed by atoms with E-state index in [1.807, 2.05) is 0 Å². The second-order valence-corrected chi connectivity index (χ2v) is 6.07. The second-order valence-electron chi connectivity index (χ2n) is 4.90. The topological polar surface area (TPSA) is 83.8 Å². The highest BCUT2D eigenvalue weighted by Crippen LogP contribution is 2.38. The zero-order chi connectivity index (χ0) is 16.8. The molecule has 5 nitrogen and oxygen atoms in total. The maximum absolute atomic E-state index is 10.4. The first kappa shape index (κ1) is 18.1. The Hall–Kier alpha value is -1.94. The molecule has 0 saturated heterocycles. The van der Waals surface area contributed by atoms with Crippen LogP contribution < -0.4 is 4.52 Å². The van der Waals surface area contributed by atoms with Crippen LogP contribution in [0.15, 0.2) is 42.5 Å². The van der Waals surface area contributed by atoms with E-state index in [1.54, 1.807) is 6.07 Å². The average Bonchev–Trinajstić information content (AvgIpc) is 2.36. The molecular weight excluding hydrogens is 303 g/mol. The van der Waals surface area contributed by atoms with Gasteiger partial charge in [-0.2, -0.15) is 0 Å². The third-order valence-corrected chi connectivity index (χ3v) is 3.06. The maximum atomic E-state index is 10.4. The molecule has 0 spiro atoms. The predicted molar refractivity (Wildman–Crippen MR) is 85.2 cm³/mol. The van der Waals surface area contributed by atoms with Crippen molar-refractivity contribution in [3.63, 3.8) is 0 Å². The van der Waals surface area contributed by atoms with E-state index in [1.165, 1.54) is 34.9 Å². The number of carbonyl (C=O) groups excluding carboxylic acids is 1. The van der Waals surface area contributed by atoms with Crippen LogP contribution in [0.2, 0.25) is 0 Å². The van der Waals surface area contributed by atoms with Crippen LogP contribution in [0.5, 0.6) is 5.75 Å². The molecule has 0 fully saturated rings. The van der Waals surface area contributed by atoms with E-state index >= 15 is 0 Å². The van der Waals surface area contributed by atoms with Crippen LogP contribution in [-0.4, -0.2) is 16.1 Å². The summed E-state index contributed by atoms with van der Waals surface area (Å²) < 4.78 is 14.7. The predicted octanol–water partition coefficient (Wildman–Crippen LogP) is 3.58. The van der Waals surface area contributed by atoms with Gasteiger partial charge in [-0.25, -0.2) is 4.57 Å². The fourth-order valence-corrected chi connectivity index (χ4v) is 2.41. The Morgan fingerprint density at radius 3 is 1.82 bits per heavy atom. The number of carbonyl (C=O) groups is 1. The third kappa shape index (κ3) is 6.68. The number of para-hydroxylation sites is 1. The summed E-state index contributed by atoms with van der Waals surface area (Å²) in [7, 11) is -4.59. The van der Waals surface area contributed by atoms with E-state index in [0.29, 0.717) is 6.29 Å². The minimum atomic E-state index is -4.59. The van der Waals surface area contributed by atoms with Crippen LogP contribution in [0, 0.1) is 20.8 Å². The number of aryl methyl sites for hydroxylation is 3. The Bertz CT molecular complexity index is 640. The van der Waals surface area contributed by atoms with Crippen molar-refractivity contribution in [1.29, 1.82) is 0 Å². The number of aldehydes is 1. The lowest BCUT2D eigenvalue weighted by Gasteiger charge is -2.07. The molecule has 0 bridgehead atoms. The zero-order valence-electron chi connectivity index (χ0n) is 12.7. The van der Waals surface area contributed by atoms with Crippen molar-refractivity contribution in [2.75, 3.05) is 0 Å². The van der Waals surface area contributed by atoms with Gasteiger partial charge in [0.05, 0.1) is 5.56 Å². The summed E-state index contributed by atoms with van der Waals surface area (Å²) in [5, 5.41) is 0. The molecule has 0 saturated carbocycles. The molecule has 0 radical (unpaired) electrons. The zero-order valence-corrected chi connectivity index (χ0v) is 13.6. The minimum absolute atomic E-state index is 0.103. The highest BCUT2D eigenvalue weighted by atomic mass is 31.2. The summed E-state index contributed by atoms with van der Waals surface area (Å²) in [5.74, 6) is -0.120. The SMILES string of the molecule is Cc1cc(C)cc(C)c1.O=Cc1ccccc1OP(=O)(O)O. The van der Waals surface area contributed by atoms with Gasteiger partial charge in [0.25, 0.3) is 0 Å². The lowest BCUT2D eigenvalue weighted by Crippen LogP contribution is -1.93. The normalized spacial score (nSPS) is 10.4. The number of benzene rings is 2. The molecule has 0 aliphatic carbocycles. The quantitative estimate of drug-likeness (QED) is 0.666. The molecule has 22 heavy (non-hydrogen) atoms. The molecule has 0 aliphatic heterocycles. The van der Waals surface area contributed by atoms with Gasteiger partial charge in [-0.05, 0) is 32.9 Å². The molecule has 0 amide bonds. The Balaban J connectivity index is 0.000000235. The third-order valence-electron chi connectivity index (χ3n) is 2.63. The first-order valence-corrected chi connectivity index (χ1v) is 8.08. The van der Waals surface area contributed by atoms with Crippen molar-refractivity contribution in [2.45, 2.75) is 20.8 Å². The van der Waals surface area contributed by atoms with Crippen molar-refractivity contribution in [2.24, 2.45) is 0 Å². The standard InChI is InChI=1S/C9H12.C7H7O5P/c1-7-4-8(2)6-9(3)5-7;8-5-6-3-1-2-4-7(6)12-13(9,10)11/h4-6H,1-3H3;1-5H,(H2,9,10,11). The number of hydrogen-bond donors (Lipinski definition) is 2. The lowest BCUT2D eigenvalue weighted by molar-refractivity contribution is 0.112. The average molecular weight is 322 g/mol. The van der Waals surface area contributed by atoms with Crippen molar-refractivity contribution in [3.05, 3.63) is 64.7 Å². The van der Waals surface area contributed by atoms with Crippen LogP contribution in [0.3, 0.4) is 0 Å². The van der Waals surface area contributed by atoms with Gasteiger partial charge in [0, 0.05) is 0 Å². The number of phosphoric ester groups is 1. The highest BCUT2D eigenvalue weighted by Gasteiger charge is 2.17. The fraction of sp³-hybridized carbons (Fsp3) is 0.188. The van der Waals surface area contributed by atoms with E-state index in [0.717, 1.165) is 0 Å². The van der Waals surface area contributed by atoms with E-state index < -0.39 is 7.82 Å². The molecule has 6 heteroatoms. The molecule has 0 aromatic heterocycles. The number of hydrogen-bond acceptors (Lipinski definition) is 3. The summed E-state index contributed by atoms with van der Waals surface area (Å²) in [6, 6.07) is 12.3. The van der Waals surface area contributed by atoms with Crippen molar-refractivity contribution >= 4 is 14.1 Å². The smallest absolute Gasteiger partial charge is 0.403 e. The van der Waals surface area contributed by atoms with Crippen LogP contribution in [-0.2, 0) is 4.57 Å². The summed E-state index contributed by atoms with van der Waals surface area (Å²) in [4.78, 5) is 27.3. The van der Waals surface area contributed by atoms with Crippen LogP contribution in [0.1, 0.15) is 27.0 Å². The molecule has 0 unspecified atom stereocenters. The van der Waals surface area contributed by atoms with Crippen LogP contribution in [0.25, 0.3) is 0 Å². The van der Waals surface area contributed by atoms with E-state index in [9.17, 15) is 9.36 Å². The van der Waals surface area contributed by atoms with Gasteiger partial charge in [0.2, 0.25) is 0 Å². The maximum Gasteiger partial charge on any atom is 0.524 e. The fourth-order valence-electron chi connectivity index (χ4n) is 1.99. The summed E-state index contributed by atoms with van der Waals surface area (Å²) in [6.07, 6.45) is 0.463. The largest absolute Gasteiger partial charge is 0.524 e. The Morgan fingerprint density at radius 1 is 0.955 bits per heavy atom. The van der Waals surface area contributed by atoms with Crippen LogP contribution in [0.4, 0.5) is 0 Å². The van der Waals surface area contributed by atoms with Crippen LogP contribution >= 0.6 is 7.82 Å². The first-order valence-electron chi connectivity index (χ1n) is 6.55.